The Labute approximate surface area is 210 Å². The monoisotopic (exact) mass is 481 g/mol. The van der Waals surface area contributed by atoms with Crippen LogP contribution < -0.4 is 0 Å². The number of aliphatic hydroxyl groups excluding tert-OH is 1. The number of rotatable bonds is 22. The number of β-amino-alcohol motifs (C(OH)–C–C–N with tert-alkyl or cyclic N) is 1. The zero-order valence-electron chi connectivity index (χ0n) is 22.5. The zero-order valence-corrected chi connectivity index (χ0v) is 22.5. The van der Waals surface area contributed by atoms with Crippen LogP contribution in [0.5, 0.6) is 0 Å². The Kier molecular flexibility index (Phi) is 19.3. The third kappa shape index (κ3) is 15.0. The first kappa shape index (κ1) is 30.9. The van der Waals surface area contributed by atoms with E-state index in [-0.39, 0.29) is 18.4 Å². The van der Waals surface area contributed by atoms with Gasteiger partial charge in [-0.15, -0.1) is 0 Å². The van der Waals surface area contributed by atoms with Gasteiger partial charge in [-0.05, 0) is 12.8 Å². The van der Waals surface area contributed by atoms with Crippen LogP contribution in [0.15, 0.2) is 0 Å². The molecule has 34 heavy (non-hydrogen) atoms. The molecule has 0 saturated carbocycles. The number of esters is 1. The van der Waals surface area contributed by atoms with Crippen LogP contribution in [0.3, 0.4) is 0 Å². The van der Waals surface area contributed by atoms with Crippen molar-refractivity contribution < 1.29 is 19.4 Å². The summed E-state index contributed by atoms with van der Waals surface area (Å²) in [7, 11) is 0. The fraction of sp³-hybridized carbons (Fsp3) is 0.931. The van der Waals surface area contributed by atoms with Gasteiger partial charge in [-0.25, -0.2) is 4.79 Å². The highest BCUT2D eigenvalue weighted by Gasteiger charge is 2.39. The lowest BCUT2D eigenvalue weighted by atomic mass is 10.1. The second-order valence-corrected chi connectivity index (χ2v) is 10.4. The highest BCUT2D eigenvalue weighted by Crippen LogP contribution is 2.22. The van der Waals surface area contributed by atoms with Crippen molar-refractivity contribution in [3.63, 3.8) is 0 Å². The van der Waals surface area contributed by atoms with Crippen molar-refractivity contribution >= 4 is 11.9 Å². The van der Waals surface area contributed by atoms with Crippen LogP contribution in [-0.2, 0) is 14.3 Å². The van der Waals surface area contributed by atoms with E-state index in [2.05, 4.69) is 13.8 Å². The molecule has 200 valence electrons. The molecular formula is C29H55NO4. The van der Waals surface area contributed by atoms with E-state index in [9.17, 15) is 14.7 Å². The SMILES string of the molecule is CCCCCCCCCCCCOC(=O)[C@@H]1C[C@@H](O)CN1C(=O)CCCCCCCCCCC. The van der Waals surface area contributed by atoms with Gasteiger partial charge in [0.2, 0.25) is 5.91 Å². The van der Waals surface area contributed by atoms with Gasteiger partial charge in [0.1, 0.15) is 6.04 Å². The lowest BCUT2D eigenvalue weighted by molar-refractivity contribution is -0.153. The number of carbonyl (C=O) groups is 2. The van der Waals surface area contributed by atoms with E-state index in [1.165, 1.54) is 96.3 Å². The molecule has 1 rings (SSSR count). The predicted molar refractivity (Wildman–Crippen MR) is 141 cm³/mol. The van der Waals surface area contributed by atoms with E-state index in [1.807, 2.05) is 0 Å². The standard InChI is InChI=1S/C29H55NO4/c1-3-5-7-9-11-13-15-17-19-21-23-34-29(33)27-24-26(31)25-30(27)28(32)22-20-18-16-14-12-10-8-6-4-2/h26-27,31H,3-25H2,1-2H3/t26-,27+/m1/s1. The molecule has 0 aromatic carbocycles. The van der Waals surface area contributed by atoms with Crippen molar-refractivity contribution in [1.82, 2.24) is 4.90 Å². The summed E-state index contributed by atoms with van der Waals surface area (Å²) in [5.74, 6) is -0.353. The van der Waals surface area contributed by atoms with Gasteiger partial charge in [0, 0.05) is 19.4 Å². The molecule has 2 atom stereocenters. The minimum absolute atomic E-state index is 0.0135. The fourth-order valence-corrected chi connectivity index (χ4v) is 4.90. The molecular weight excluding hydrogens is 426 g/mol. The number of amides is 1. The molecule has 1 N–H and O–H groups in total. The Hall–Kier alpha value is -1.10. The summed E-state index contributed by atoms with van der Waals surface area (Å²) < 4.78 is 5.48. The van der Waals surface area contributed by atoms with E-state index >= 15 is 0 Å². The Bertz CT molecular complexity index is 510. The average molecular weight is 482 g/mol. The molecule has 0 bridgehead atoms. The van der Waals surface area contributed by atoms with Crippen LogP contribution >= 0.6 is 0 Å². The van der Waals surface area contributed by atoms with Gasteiger partial charge in [-0.3, -0.25) is 4.79 Å². The van der Waals surface area contributed by atoms with E-state index in [0.29, 0.717) is 19.4 Å². The number of unbranched alkanes of at least 4 members (excludes halogenated alkanes) is 17. The van der Waals surface area contributed by atoms with Crippen LogP contribution in [-0.4, -0.2) is 47.2 Å². The maximum Gasteiger partial charge on any atom is 0.328 e. The highest BCUT2D eigenvalue weighted by atomic mass is 16.5. The molecule has 0 aromatic heterocycles. The summed E-state index contributed by atoms with van der Waals surface area (Å²) in [5.41, 5.74) is 0. The van der Waals surface area contributed by atoms with Gasteiger partial charge < -0.3 is 14.7 Å². The smallest absolute Gasteiger partial charge is 0.328 e. The first-order valence-electron chi connectivity index (χ1n) is 14.7. The molecule has 0 aliphatic carbocycles. The van der Waals surface area contributed by atoms with Gasteiger partial charge in [0.05, 0.1) is 12.7 Å². The molecule has 1 saturated heterocycles. The lowest BCUT2D eigenvalue weighted by Crippen LogP contribution is -2.41. The Morgan fingerprint density at radius 3 is 1.65 bits per heavy atom. The van der Waals surface area contributed by atoms with Crippen LogP contribution in [0.4, 0.5) is 0 Å². The van der Waals surface area contributed by atoms with Crippen LogP contribution in [0.1, 0.15) is 149 Å². The van der Waals surface area contributed by atoms with E-state index < -0.39 is 12.1 Å². The van der Waals surface area contributed by atoms with Crippen LogP contribution in [0.2, 0.25) is 0 Å². The van der Waals surface area contributed by atoms with Crippen molar-refractivity contribution in [2.75, 3.05) is 13.2 Å². The highest BCUT2D eigenvalue weighted by molar-refractivity contribution is 5.85. The van der Waals surface area contributed by atoms with E-state index in [1.54, 1.807) is 4.90 Å². The van der Waals surface area contributed by atoms with Crippen LogP contribution in [0, 0.1) is 0 Å². The normalized spacial score (nSPS) is 17.9. The zero-order chi connectivity index (χ0) is 24.9. The number of likely N-dealkylation sites (tertiary alicyclic amines) is 1. The summed E-state index contributed by atoms with van der Waals surface area (Å²) >= 11 is 0. The third-order valence-electron chi connectivity index (χ3n) is 7.11. The van der Waals surface area contributed by atoms with Crippen molar-refractivity contribution in [1.29, 1.82) is 0 Å². The second-order valence-electron chi connectivity index (χ2n) is 10.4. The maximum absolute atomic E-state index is 12.7. The number of ether oxygens (including phenoxy) is 1. The van der Waals surface area contributed by atoms with E-state index in [0.717, 1.165) is 25.7 Å². The maximum atomic E-state index is 12.7. The molecule has 5 nitrogen and oxygen atoms in total. The van der Waals surface area contributed by atoms with Gasteiger partial charge in [0.25, 0.3) is 0 Å². The summed E-state index contributed by atoms with van der Waals surface area (Å²) in [4.78, 5) is 26.8. The molecule has 1 amide bonds. The molecule has 0 radical (unpaired) electrons. The molecule has 0 aromatic rings. The lowest BCUT2D eigenvalue weighted by Gasteiger charge is -2.23. The van der Waals surface area contributed by atoms with Gasteiger partial charge in [0.15, 0.2) is 0 Å². The Balaban J connectivity index is 2.11. The van der Waals surface area contributed by atoms with Crippen molar-refractivity contribution in [2.45, 2.75) is 161 Å². The minimum atomic E-state index is -0.623. The topological polar surface area (TPSA) is 66.8 Å². The quantitative estimate of drug-likeness (QED) is 0.130. The molecule has 0 spiro atoms. The van der Waals surface area contributed by atoms with Crippen LogP contribution in [0.25, 0.3) is 0 Å². The minimum Gasteiger partial charge on any atom is -0.464 e. The number of aliphatic hydroxyl groups is 1. The molecule has 0 unspecified atom stereocenters. The fourth-order valence-electron chi connectivity index (χ4n) is 4.90. The molecule has 1 aliphatic heterocycles. The molecule has 1 aliphatic rings. The first-order chi connectivity index (χ1) is 16.6. The van der Waals surface area contributed by atoms with Gasteiger partial charge in [-0.1, -0.05) is 123 Å². The molecule has 5 heteroatoms. The van der Waals surface area contributed by atoms with Gasteiger partial charge >= 0.3 is 5.97 Å². The third-order valence-corrected chi connectivity index (χ3v) is 7.11. The summed E-state index contributed by atoms with van der Waals surface area (Å²) in [6, 6.07) is -0.607. The van der Waals surface area contributed by atoms with E-state index in [4.69, 9.17) is 4.74 Å². The molecule has 1 fully saturated rings. The number of hydrogen-bond acceptors (Lipinski definition) is 4. The van der Waals surface area contributed by atoms with Crippen molar-refractivity contribution in [3.8, 4) is 0 Å². The Morgan fingerprint density at radius 1 is 0.706 bits per heavy atom. The summed E-state index contributed by atoms with van der Waals surface area (Å²) in [6.45, 7) is 5.16. The van der Waals surface area contributed by atoms with Gasteiger partial charge in [-0.2, -0.15) is 0 Å². The number of hydrogen-bond donors (Lipinski definition) is 1. The Morgan fingerprint density at radius 2 is 1.15 bits per heavy atom. The van der Waals surface area contributed by atoms with Crippen molar-refractivity contribution in [3.05, 3.63) is 0 Å². The number of carbonyl (C=O) groups excluding carboxylic acids is 2. The average Bonchev–Trinajstić information content (AvgIpc) is 3.23. The largest absolute Gasteiger partial charge is 0.464 e. The van der Waals surface area contributed by atoms with Crippen molar-refractivity contribution in [2.24, 2.45) is 0 Å². The predicted octanol–water partition coefficient (Wildman–Crippen LogP) is 7.33. The second kappa shape index (κ2) is 21.2. The summed E-state index contributed by atoms with van der Waals surface area (Å²) in [5, 5.41) is 10.1. The summed E-state index contributed by atoms with van der Waals surface area (Å²) in [6.07, 6.45) is 23.5. The molecule has 1 heterocycles. The number of nitrogens with zero attached hydrogens (tertiary/aromatic N) is 1. The first-order valence-corrected chi connectivity index (χ1v) is 14.7.